The molecule has 7 heteroatoms. The lowest BCUT2D eigenvalue weighted by molar-refractivity contribution is -0.124. The number of carbonyl (C=O) groups is 1. The van der Waals surface area contributed by atoms with Crippen molar-refractivity contribution in [2.45, 2.75) is 31.4 Å². The molecule has 0 aliphatic carbocycles. The van der Waals surface area contributed by atoms with Crippen molar-refractivity contribution in [3.05, 3.63) is 30.1 Å². The number of halogens is 3. The summed E-state index contributed by atoms with van der Waals surface area (Å²) in [6.07, 6.45) is 2.83. The fourth-order valence-corrected chi connectivity index (χ4v) is 1.93. The highest BCUT2D eigenvalue weighted by atomic mass is 35.5. The van der Waals surface area contributed by atoms with E-state index in [1.165, 1.54) is 0 Å². The zero-order valence-corrected chi connectivity index (χ0v) is 11.2. The maximum Gasteiger partial charge on any atom is 0.262 e. The monoisotopic (exact) mass is 291 g/mol. The fraction of sp³-hybridized carbons (Fsp3) is 0.500. The van der Waals surface area contributed by atoms with Crippen LogP contribution in [0.1, 0.15) is 24.9 Å². The summed E-state index contributed by atoms with van der Waals surface area (Å²) >= 11 is 0. The van der Waals surface area contributed by atoms with Crippen molar-refractivity contribution in [1.82, 2.24) is 15.6 Å². The first-order valence-corrected chi connectivity index (χ1v) is 5.79. The van der Waals surface area contributed by atoms with Crippen molar-refractivity contribution in [3.8, 4) is 0 Å². The number of hydrogen-bond acceptors (Lipinski definition) is 3. The van der Waals surface area contributed by atoms with E-state index < -0.39 is 30.8 Å². The molecule has 1 aliphatic heterocycles. The van der Waals surface area contributed by atoms with Crippen LogP contribution in [-0.2, 0) is 4.79 Å². The summed E-state index contributed by atoms with van der Waals surface area (Å²) in [6.45, 7) is 1.36. The zero-order chi connectivity index (χ0) is 13.2. The zero-order valence-electron chi connectivity index (χ0n) is 10.4. The van der Waals surface area contributed by atoms with Gasteiger partial charge in [0.05, 0.1) is 18.6 Å². The number of carbonyl (C=O) groups excluding carboxylic acids is 1. The largest absolute Gasteiger partial charge is 0.348 e. The minimum atomic E-state index is -2.79. The van der Waals surface area contributed by atoms with Gasteiger partial charge in [0.15, 0.2) is 0 Å². The Balaban J connectivity index is 0.00000180. The van der Waals surface area contributed by atoms with E-state index >= 15 is 0 Å². The molecular weight excluding hydrogens is 276 g/mol. The molecule has 19 heavy (non-hydrogen) atoms. The van der Waals surface area contributed by atoms with E-state index in [0.717, 1.165) is 5.56 Å². The van der Waals surface area contributed by atoms with Gasteiger partial charge in [0, 0.05) is 18.8 Å². The lowest BCUT2D eigenvalue weighted by Crippen LogP contribution is -2.41. The van der Waals surface area contributed by atoms with Crippen LogP contribution in [-0.4, -0.2) is 29.4 Å². The summed E-state index contributed by atoms with van der Waals surface area (Å²) in [7, 11) is 0. The normalized spacial score (nSPS) is 22.4. The Morgan fingerprint density at radius 3 is 2.89 bits per heavy atom. The summed E-state index contributed by atoms with van der Waals surface area (Å²) in [5.74, 6) is -3.19. The van der Waals surface area contributed by atoms with Crippen molar-refractivity contribution >= 4 is 18.3 Å². The Bertz CT molecular complexity index is 430. The predicted molar refractivity (Wildman–Crippen MR) is 69.4 cm³/mol. The second-order valence-corrected chi connectivity index (χ2v) is 4.51. The number of nitrogens with zero attached hydrogens (tertiary/aromatic N) is 1. The number of amides is 1. The fourth-order valence-electron chi connectivity index (χ4n) is 1.93. The second kappa shape index (κ2) is 6.25. The SMILES string of the molecule is CC(NC(=O)C1CC(F)(F)CN1)c1cccnc1.Cl. The smallest absolute Gasteiger partial charge is 0.262 e. The third kappa shape index (κ3) is 4.11. The first kappa shape index (κ1) is 15.8. The first-order chi connectivity index (χ1) is 8.48. The molecule has 2 N–H and O–H groups in total. The third-order valence-electron chi connectivity index (χ3n) is 2.97. The van der Waals surface area contributed by atoms with Gasteiger partial charge >= 0.3 is 0 Å². The van der Waals surface area contributed by atoms with Crippen molar-refractivity contribution in [2.24, 2.45) is 0 Å². The molecule has 0 spiro atoms. The molecule has 2 unspecified atom stereocenters. The molecule has 2 heterocycles. The van der Waals surface area contributed by atoms with Gasteiger partial charge in [0.1, 0.15) is 0 Å². The Hall–Kier alpha value is -1.27. The standard InChI is InChI=1S/C12H15F2N3O.ClH/c1-8(9-3-2-4-15-6-9)17-11(18)10-5-12(13,14)7-16-10;/h2-4,6,8,10,16H,5,7H2,1H3,(H,17,18);1H. The Morgan fingerprint density at radius 2 is 2.37 bits per heavy atom. The summed E-state index contributed by atoms with van der Waals surface area (Å²) < 4.78 is 25.9. The maximum absolute atomic E-state index is 13.0. The van der Waals surface area contributed by atoms with Gasteiger partial charge in [-0.3, -0.25) is 15.1 Å². The number of rotatable bonds is 3. The van der Waals surface area contributed by atoms with E-state index in [9.17, 15) is 13.6 Å². The second-order valence-electron chi connectivity index (χ2n) is 4.51. The summed E-state index contributed by atoms with van der Waals surface area (Å²) in [6, 6.07) is 2.52. The van der Waals surface area contributed by atoms with E-state index in [2.05, 4.69) is 15.6 Å². The maximum atomic E-state index is 13.0. The number of pyridine rings is 1. The lowest BCUT2D eigenvalue weighted by Gasteiger charge is -2.17. The highest BCUT2D eigenvalue weighted by Gasteiger charge is 2.42. The minimum absolute atomic E-state index is 0. The quantitative estimate of drug-likeness (QED) is 0.891. The first-order valence-electron chi connectivity index (χ1n) is 5.79. The summed E-state index contributed by atoms with van der Waals surface area (Å²) in [5, 5.41) is 5.23. The summed E-state index contributed by atoms with van der Waals surface area (Å²) in [4.78, 5) is 15.7. The van der Waals surface area contributed by atoms with Crippen LogP contribution in [0.4, 0.5) is 8.78 Å². The van der Waals surface area contributed by atoms with Crippen molar-refractivity contribution < 1.29 is 13.6 Å². The van der Waals surface area contributed by atoms with Gasteiger partial charge in [-0.1, -0.05) is 6.07 Å². The van der Waals surface area contributed by atoms with Crippen LogP contribution in [0.3, 0.4) is 0 Å². The molecule has 1 aromatic heterocycles. The van der Waals surface area contributed by atoms with Crippen LogP contribution in [0.5, 0.6) is 0 Å². The highest BCUT2D eigenvalue weighted by Crippen LogP contribution is 2.25. The number of alkyl halides is 2. The molecule has 2 rings (SSSR count). The van der Waals surface area contributed by atoms with Crippen LogP contribution < -0.4 is 10.6 Å². The molecule has 0 radical (unpaired) electrons. The van der Waals surface area contributed by atoms with Crippen molar-refractivity contribution in [1.29, 1.82) is 0 Å². The molecule has 0 bridgehead atoms. The van der Waals surface area contributed by atoms with Gasteiger partial charge in [-0.05, 0) is 18.6 Å². The molecule has 0 saturated carbocycles. The number of nitrogens with one attached hydrogen (secondary N) is 2. The molecule has 0 aromatic carbocycles. The van der Waals surface area contributed by atoms with E-state index in [0.29, 0.717) is 0 Å². The van der Waals surface area contributed by atoms with Crippen molar-refractivity contribution in [2.75, 3.05) is 6.54 Å². The van der Waals surface area contributed by atoms with Crippen LogP contribution in [0.2, 0.25) is 0 Å². The Labute approximate surface area is 116 Å². The molecule has 1 aromatic rings. The number of hydrogen-bond donors (Lipinski definition) is 2. The molecule has 1 aliphatic rings. The van der Waals surface area contributed by atoms with E-state index in [4.69, 9.17) is 0 Å². The topological polar surface area (TPSA) is 54.0 Å². The van der Waals surface area contributed by atoms with Crippen LogP contribution in [0.15, 0.2) is 24.5 Å². The van der Waals surface area contributed by atoms with Crippen molar-refractivity contribution in [3.63, 3.8) is 0 Å². The van der Waals surface area contributed by atoms with E-state index in [1.54, 1.807) is 25.4 Å². The molecule has 4 nitrogen and oxygen atoms in total. The molecule has 106 valence electrons. The Kier molecular flexibility index (Phi) is 5.20. The summed E-state index contributed by atoms with van der Waals surface area (Å²) in [5.41, 5.74) is 0.843. The van der Waals surface area contributed by atoms with Gasteiger partial charge in [0.25, 0.3) is 5.92 Å². The van der Waals surface area contributed by atoms with Crippen LogP contribution in [0, 0.1) is 0 Å². The molecular formula is C12H16ClF2N3O. The third-order valence-corrected chi connectivity index (χ3v) is 2.97. The molecule has 1 amide bonds. The average molecular weight is 292 g/mol. The minimum Gasteiger partial charge on any atom is -0.348 e. The molecule has 2 atom stereocenters. The lowest BCUT2D eigenvalue weighted by atomic mass is 10.1. The molecule has 1 saturated heterocycles. The number of aromatic nitrogens is 1. The van der Waals surface area contributed by atoms with Gasteiger partial charge in [-0.2, -0.15) is 0 Å². The molecule has 1 fully saturated rings. The van der Waals surface area contributed by atoms with Crippen LogP contribution in [0.25, 0.3) is 0 Å². The van der Waals surface area contributed by atoms with Gasteiger partial charge < -0.3 is 5.32 Å². The highest BCUT2D eigenvalue weighted by molar-refractivity contribution is 5.85. The van der Waals surface area contributed by atoms with Crippen LogP contribution >= 0.6 is 12.4 Å². The average Bonchev–Trinajstić information content (AvgIpc) is 2.71. The predicted octanol–water partition coefficient (Wildman–Crippen LogP) is 1.68. The van der Waals surface area contributed by atoms with Gasteiger partial charge in [0.2, 0.25) is 5.91 Å². The van der Waals surface area contributed by atoms with E-state index in [-0.39, 0.29) is 18.4 Å². The van der Waals surface area contributed by atoms with Gasteiger partial charge in [-0.15, -0.1) is 12.4 Å². The van der Waals surface area contributed by atoms with E-state index in [1.807, 2.05) is 6.07 Å². The Morgan fingerprint density at radius 1 is 1.63 bits per heavy atom. The van der Waals surface area contributed by atoms with Gasteiger partial charge in [-0.25, -0.2) is 8.78 Å².